The zero-order valence-corrected chi connectivity index (χ0v) is 13.2. The Kier molecular flexibility index (Phi) is 4.88. The highest BCUT2D eigenvalue weighted by molar-refractivity contribution is 5.94. The molecule has 2 aromatic rings. The Bertz CT molecular complexity index is 643. The van der Waals surface area contributed by atoms with Crippen molar-refractivity contribution in [3.63, 3.8) is 0 Å². The summed E-state index contributed by atoms with van der Waals surface area (Å²) in [5.41, 5.74) is 1.58. The van der Waals surface area contributed by atoms with E-state index in [0.717, 1.165) is 31.1 Å². The van der Waals surface area contributed by atoms with Crippen molar-refractivity contribution in [1.82, 2.24) is 15.2 Å². The number of hydrogen-bond acceptors (Lipinski definition) is 4. The smallest absolute Gasteiger partial charge is 0.254 e. The minimum atomic E-state index is 0.0790. The molecule has 120 valence electrons. The second-order valence-corrected chi connectivity index (χ2v) is 5.69. The number of aromatic nitrogens is 1. The van der Waals surface area contributed by atoms with E-state index in [1.54, 1.807) is 6.20 Å². The molecular weight excluding hydrogens is 290 g/mol. The summed E-state index contributed by atoms with van der Waals surface area (Å²) in [5, 5.41) is 3.29. The van der Waals surface area contributed by atoms with Crippen LogP contribution in [0.25, 0.3) is 0 Å². The highest BCUT2D eigenvalue weighted by Crippen LogP contribution is 2.16. The van der Waals surface area contributed by atoms with E-state index < -0.39 is 0 Å². The fraction of sp³-hybridized carbons (Fsp3) is 0.333. The number of carbonyl (C=O) groups is 1. The lowest BCUT2D eigenvalue weighted by Crippen LogP contribution is -2.52. The third-order valence-corrected chi connectivity index (χ3v) is 3.98. The fourth-order valence-corrected chi connectivity index (χ4v) is 2.64. The first kappa shape index (κ1) is 15.5. The Balaban J connectivity index is 1.61. The molecule has 1 aromatic carbocycles. The van der Waals surface area contributed by atoms with Crippen LogP contribution >= 0.6 is 0 Å². The van der Waals surface area contributed by atoms with Gasteiger partial charge < -0.3 is 15.0 Å². The number of nitrogens with zero attached hydrogens (tertiary/aromatic N) is 2. The van der Waals surface area contributed by atoms with Gasteiger partial charge in [-0.1, -0.05) is 6.07 Å². The van der Waals surface area contributed by atoms with Gasteiger partial charge in [-0.2, -0.15) is 0 Å². The normalized spacial score (nSPS) is 17.8. The number of benzene rings is 1. The molecule has 2 heterocycles. The van der Waals surface area contributed by atoms with Crippen LogP contribution in [-0.2, 0) is 6.61 Å². The van der Waals surface area contributed by atoms with E-state index in [1.807, 2.05) is 47.4 Å². The molecule has 5 heteroatoms. The molecule has 0 bridgehead atoms. The van der Waals surface area contributed by atoms with Gasteiger partial charge in [0.2, 0.25) is 0 Å². The van der Waals surface area contributed by atoms with Gasteiger partial charge in [-0.05, 0) is 43.3 Å². The highest BCUT2D eigenvalue weighted by atomic mass is 16.5. The van der Waals surface area contributed by atoms with Gasteiger partial charge in [0.1, 0.15) is 12.4 Å². The number of pyridine rings is 1. The maximum Gasteiger partial charge on any atom is 0.254 e. The molecule has 1 N–H and O–H groups in total. The maximum absolute atomic E-state index is 12.5. The van der Waals surface area contributed by atoms with Gasteiger partial charge in [0.05, 0.1) is 5.69 Å². The molecule has 1 amide bonds. The van der Waals surface area contributed by atoms with E-state index in [9.17, 15) is 4.79 Å². The summed E-state index contributed by atoms with van der Waals surface area (Å²) in [6.07, 6.45) is 1.75. The summed E-state index contributed by atoms with van der Waals surface area (Å²) < 4.78 is 5.70. The lowest BCUT2D eigenvalue weighted by atomic mass is 10.1. The minimum Gasteiger partial charge on any atom is -0.487 e. The SMILES string of the molecule is C[C@@H]1CNCCN1C(=O)c1ccc(OCc2ccccn2)cc1. The number of nitrogens with one attached hydrogen (secondary N) is 1. The molecule has 1 atom stereocenters. The third-order valence-electron chi connectivity index (χ3n) is 3.98. The zero-order valence-electron chi connectivity index (χ0n) is 13.2. The first-order valence-corrected chi connectivity index (χ1v) is 7.88. The predicted molar refractivity (Wildman–Crippen MR) is 88.4 cm³/mol. The van der Waals surface area contributed by atoms with Crippen LogP contribution in [-0.4, -0.2) is 41.5 Å². The van der Waals surface area contributed by atoms with Crippen LogP contribution in [0.5, 0.6) is 5.75 Å². The number of ether oxygens (including phenoxy) is 1. The van der Waals surface area contributed by atoms with Crippen LogP contribution in [0.3, 0.4) is 0 Å². The lowest BCUT2D eigenvalue weighted by Gasteiger charge is -2.34. The van der Waals surface area contributed by atoms with E-state index in [1.165, 1.54) is 0 Å². The van der Waals surface area contributed by atoms with Crippen molar-refractivity contribution in [3.8, 4) is 5.75 Å². The van der Waals surface area contributed by atoms with Crippen molar-refractivity contribution in [3.05, 3.63) is 59.9 Å². The molecule has 23 heavy (non-hydrogen) atoms. The molecule has 0 spiro atoms. The standard InChI is InChI=1S/C18H21N3O2/c1-14-12-19-10-11-21(14)18(22)15-5-7-17(8-6-15)23-13-16-4-2-3-9-20-16/h2-9,14,19H,10-13H2,1H3/t14-/m1/s1. The Morgan fingerprint density at radius 2 is 2.13 bits per heavy atom. The van der Waals surface area contributed by atoms with Crippen LogP contribution in [0, 0.1) is 0 Å². The summed E-state index contributed by atoms with van der Waals surface area (Å²) in [6.45, 7) is 4.92. The van der Waals surface area contributed by atoms with Crippen LogP contribution < -0.4 is 10.1 Å². The van der Waals surface area contributed by atoms with Gasteiger partial charge in [0, 0.05) is 37.4 Å². The maximum atomic E-state index is 12.5. The molecule has 1 saturated heterocycles. The molecular formula is C18H21N3O2. The Morgan fingerprint density at radius 3 is 2.83 bits per heavy atom. The lowest BCUT2D eigenvalue weighted by molar-refractivity contribution is 0.0655. The molecule has 0 aliphatic carbocycles. The van der Waals surface area contributed by atoms with Crippen molar-refractivity contribution in [2.45, 2.75) is 19.6 Å². The molecule has 1 aliphatic rings. The van der Waals surface area contributed by atoms with Gasteiger partial charge in [0.25, 0.3) is 5.91 Å². The summed E-state index contributed by atoms with van der Waals surface area (Å²) in [5.74, 6) is 0.816. The molecule has 0 saturated carbocycles. The van der Waals surface area contributed by atoms with E-state index >= 15 is 0 Å². The van der Waals surface area contributed by atoms with Crippen molar-refractivity contribution in [1.29, 1.82) is 0 Å². The summed E-state index contributed by atoms with van der Waals surface area (Å²) >= 11 is 0. The largest absolute Gasteiger partial charge is 0.487 e. The Labute approximate surface area is 136 Å². The molecule has 0 unspecified atom stereocenters. The quantitative estimate of drug-likeness (QED) is 0.939. The van der Waals surface area contributed by atoms with Gasteiger partial charge in [-0.15, -0.1) is 0 Å². The van der Waals surface area contributed by atoms with E-state index in [2.05, 4.69) is 17.2 Å². The van der Waals surface area contributed by atoms with Gasteiger partial charge in [0.15, 0.2) is 0 Å². The van der Waals surface area contributed by atoms with Crippen molar-refractivity contribution in [2.24, 2.45) is 0 Å². The molecule has 1 aliphatic heterocycles. The molecule has 1 fully saturated rings. The average molecular weight is 311 g/mol. The number of carbonyl (C=O) groups excluding carboxylic acids is 1. The number of hydrogen-bond donors (Lipinski definition) is 1. The van der Waals surface area contributed by atoms with Gasteiger partial charge in [-0.25, -0.2) is 0 Å². The Hall–Kier alpha value is -2.40. The van der Waals surface area contributed by atoms with Crippen molar-refractivity contribution in [2.75, 3.05) is 19.6 Å². The van der Waals surface area contributed by atoms with Crippen LogP contribution in [0.4, 0.5) is 0 Å². The first-order valence-electron chi connectivity index (χ1n) is 7.88. The zero-order chi connectivity index (χ0) is 16.1. The topological polar surface area (TPSA) is 54.5 Å². The first-order chi connectivity index (χ1) is 11.2. The molecule has 0 radical (unpaired) electrons. The second kappa shape index (κ2) is 7.24. The minimum absolute atomic E-state index is 0.0790. The Morgan fingerprint density at radius 1 is 1.30 bits per heavy atom. The van der Waals surface area contributed by atoms with Crippen LogP contribution in [0.15, 0.2) is 48.7 Å². The van der Waals surface area contributed by atoms with Crippen molar-refractivity contribution < 1.29 is 9.53 Å². The summed E-state index contributed by atoms with van der Waals surface area (Å²) in [7, 11) is 0. The summed E-state index contributed by atoms with van der Waals surface area (Å²) in [6, 6.07) is 13.3. The number of piperazine rings is 1. The second-order valence-electron chi connectivity index (χ2n) is 5.69. The average Bonchev–Trinajstić information content (AvgIpc) is 2.61. The van der Waals surface area contributed by atoms with Gasteiger partial charge in [-0.3, -0.25) is 9.78 Å². The van der Waals surface area contributed by atoms with E-state index in [0.29, 0.717) is 12.2 Å². The molecule has 5 nitrogen and oxygen atoms in total. The highest BCUT2D eigenvalue weighted by Gasteiger charge is 2.23. The van der Waals surface area contributed by atoms with Crippen LogP contribution in [0.2, 0.25) is 0 Å². The van der Waals surface area contributed by atoms with E-state index in [-0.39, 0.29) is 11.9 Å². The fourth-order valence-electron chi connectivity index (χ4n) is 2.64. The number of amides is 1. The van der Waals surface area contributed by atoms with Gasteiger partial charge >= 0.3 is 0 Å². The van der Waals surface area contributed by atoms with Crippen molar-refractivity contribution >= 4 is 5.91 Å². The van der Waals surface area contributed by atoms with E-state index in [4.69, 9.17) is 4.74 Å². The molecule has 3 rings (SSSR count). The predicted octanol–water partition coefficient (Wildman–Crippen LogP) is 2.09. The van der Waals surface area contributed by atoms with Crippen LogP contribution in [0.1, 0.15) is 23.0 Å². The third kappa shape index (κ3) is 3.87. The monoisotopic (exact) mass is 311 g/mol. The molecule has 1 aromatic heterocycles. The number of rotatable bonds is 4. The summed E-state index contributed by atoms with van der Waals surface area (Å²) in [4.78, 5) is 18.7.